The molecule has 1 N–H and O–H groups in total. The summed E-state index contributed by atoms with van der Waals surface area (Å²) in [6, 6.07) is 3.94. The van der Waals surface area contributed by atoms with Gasteiger partial charge in [-0.1, -0.05) is 30.0 Å². The number of thioether (sulfide) groups is 1. The van der Waals surface area contributed by atoms with Gasteiger partial charge in [0.1, 0.15) is 10.4 Å². The van der Waals surface area contributed by atoms with Gasteiger partial charge in [0, 0.05) is 0 Å². The van der Waals surface area contributed by atoms with E-state index in [0.29, 0.717) is 20.5 Å². The Hall–Kier alpha value is -2.06. The Morgan fingerprint density at radius 1 is 1.43 bits per heavy atom. The highest BCUT2D eigenvalue weighted by molar-refractivity contribution is 8.26. The summed E-state index contributed by atoms with van der Waals surface area (Å²) < 4.78 is 9.98. The molecule has 1 aromatic carbocycles. The maximum absolute atomic E-state index is 12.5. The molecule has 0 radical (unpaired) electrons. The first kappa shape index (κ1) is 17.3. The monoisotopic (exact) mass is 353 g/mol. The third kappa shape index (κ3) is 3.48. The number of esters is 1. The van der Waals surface area contributed by atoms with Gasteiger partial charge in [-0.25, -0.2) is 4.79 Å². The average molecular weight is 353 g/mol. The lowest BCUT2D eigenvalue weighted by Gasteiger charge is -2.20. The van der Waals surface area contributed by atoms with Crippen molar-refractivity contribution >= 4 is 46.3 Å². The molecule has 1 atom stereocenters. The molecule has 0 aromatic heterocycles. The summed E-state index contributed by atoms with van der Waals surface area (Å²) in [7, 11) is 2.70. The van der Waals surface area contributed by atoms with Crippen molar-refractivity contribution in [1.82, 2.24) is 4.90 Å². The summed E-state index contributed by atoms with van der Waals surface area (Å²) in [6.07, 6.45) is 1.63. The molecule has 1 saturated heterocycles. The average Bonchev–Trinajstić information content (AvgIpc) is 2.81. The number of rotatable bonds is 4. The highest BCUT2D eigenvalue weighted by atomic mass is 32.2. The Labute approximate surface area is 143 Å². The van der Waals surface area contributed by atoms with E-state index in [2.05, 4.69) is 4.74 Å². The lowest BCUT2D eigenvalue weighted by molar-refractivity contribution is -0.147. The maximum Gasteiger partial charge on any atom is 0.328 e. The number of carbonyl (C=O) groups is 2. The van der Waals surface area contributed by atoms with Crippen molar-refractivity contribution in [2.24, 2.45) is 0 Å². The number of phenols is 1. The second kappa shape index (κ2) is 7.01. The van der Waals surface area contributed by atoms with Crippen LogP contribution in [0.3, 0.4) is 0 Å². The zero-order chi connectivity index (χ0) is 17.1. The van der Waals surface area contributed by atoms with Crippen molar-refractivity contribution in [2.75, 3.05) is 14.2 Å². The Morgan fingerprint density at radius 2 is 2.13 bits per heavy atom. The molecule has 1 fully saturated rings. The molecule has 6 nitrogen and oxygen atoms in total. The Morgan fingerprint density at radius 3 is 2.74 bits per heavy atom. The fourth-order valence-corrected chi connectivity index (χ4v) is 3.44. The smallest absolute Gasteiger partial charge is 0.328 e. The lowest BCUT2D eigenvalue weighted by atomic mass is 10.2. The van der Waals surface area contributed by atoms with E-state index in [4.69, 9.17) is 17.0 Å². The van der Waals surface area contributed by atoms with Crippen LogP contribution < -0.4 is 4.74 Å². The summed E-state index contributed by atoms with van der Waals surface area (Å²) in [5.74, 6) is -0.576. The van der Waals surface area contributed by atoms with E-state index in [1.165, 1.54) is 25.2 Å². The molecule has 1 heterocycles. The van der Waals surface area contributed by atoms with Crippen LogP contribution in [0.2, 0.25) is 0 Å². The molecule has 122 valence electrons. The minimum absolute atomic E-state index is 0.0107. The number of ether oxygens (including phenoxy) is 2. The van der Waals surface area contributed by atoms with E-state index in [1.807, 2.05) is 0 Å². The van der Waals surface area contributed by atoms with Crippen LogP contribution in [0.5, 0.6) is 11.5 Å². The van der Waals surface area contributed by atoms with Gasteiger partial charge in [0.25, 0.3) is 5.91 Å². The van der Waals surface area contributed by atoms with Crippen molar-refractivity contribution in [3.8, 4) is 11.5 Å². The number of amides is 1. The molecule has 1 aromatic rings. The van der Waals surface area contributed by atoms with Crippen LogP contribution in [0.15, 0.2) is 23.1 Å². The minimum Gasteiger partial charge on any atom is -0.504 e. The highest BCUT2D eigenvalue weighted by Gasteiger charge is 2.38. The van der Waals surface area contributed by atoms with Crippen LogP contribution >= 0.6 is 24.0 Å². The van der Waals surface area contributed by atoms with Crippen molar-refractivity contribution in [1.29, 1.82) is 0 Å². The molecule has 0 bridgehead atoms. The molecule has 2 rings (SSSR count). The summed E-state index contributed by atoms with van der Waals surface area (Å²) in [5, 5.41) is 9.59. The van der Waals surface area contributed by atoms with Crippen LogP contribution in [0, 0.1) is 0 Å². The molecule has 1 amide bonds. The van der Waals surface area contributed by atoms with Gasteiger partial charge in [-0.2, -0.15) is 0 Å². The van der Waals surface area contributed by atoms with Crippen LogP contribution in [-0.4, -0.2) is 46.5 Å². The molecule has 0 saturated carbocycles. The van der Waals surface area contributed by atoms with Gasteiger partial charge in [0.2, 0.25) is 0 Å². The lowest BCUT2D eigenvalue weighted by Crippen LogP contribution is -2.42. The molecular weight excluding hydrogens is 338 g/mol. The second-order valence-electron chi connectivity index (χ2n) is 4.68. The summed E-state index contributed by atoms with van der Waals surface area (Å²) in [5.41, 5.74) is 0.672. The summed E-state index contributed by atoms with van der Waals surface area (Å²) >= 11 is 6.29. The number of carbonyl (C=O) groups excluding carboxylic acids is 2. The largest absolute Gasteiger partial charge is 0.504 e. The van der Waals surface area contributed by atoms with E-state index in [1.54, 1.807) is 25.1 Å². The summed E-state index contributed by atoms with van der Waals surface area (Å²) in [6.45, 7) is 1.56. The quantitative estimate of drug-likeness (QED) is 0.505. The molecule has 8 heteroatoms. The van der Waals surface area contributed by atoms with Crippen molar-refractivity contribution in [2.45, 2.75) is 13.0 Å². The highest BCUT2D eigenvalue weighted by Crippen LogP contribution is 2.35. The van der Waals surface area contributed by atoms with Crippen LogP contribution in [0.25, 0.3) is 6.08 Å². The fourth-order valence-electron chi connectivity index (χ4n) is 2.03. The molecule has 1 aliphatic heterocycles. The normalized spacial score (nSPS) is 17.5. The van der Waals surface area contributed by atoms with Gasteiger partial charge in [0.05, 0.1) is 19.1 Å². The Bertz CT molecular complexity index is 701. The number of methoxy groups -OCH3 is 2. The zero-order valence-corrected chi connectivity index (χ0v) is 14.4. The molecular formula is C15H15NO5S2. The first-order valence-electron chi connectivity index (χ1n) is 6.61. The first-order chi connectivity index (χ1) is 10.9. The predicted molar refractivity (Wildman–Crippen MR) is 91.1 cm³/mol. The number of phenolic OH excluding ortho intramolecular Hbond substituents is 1. The van der Waals surface area contributed by atoms with E-state index >= 15 is 0 Å². The number of hydrogen-bond donors (Lipinski definition) is 1. The van der Waals surface area contributed by atoms with E-state index in [0.717, 1.165) is 11.8 Å². The van der Waals surface area contributed by atoms with Gasteiger partial charge < -0.3 is 14.6 Å². The topological polar surface area (TPSA) is 76.1 Å². The first-order valence-corrected chi connectivity index (χ1v) is 7.83. The molecule has 0 spiro atoms. The third-order valence-electron chi connectivity index (χ3n) is 3.25. The van der Waals surface area contributed by atoms with Crippen LogP contribution in [-0.2, 0) is 14.3 Å². The zero-order valence-electron chi connectivity index (χ0n) is 12.7. The number of benzene rings is 1. The van der Waals surface area contributed by atoms with Crippen molar-refractivity contribution in [3.05, 3.63) is 28.7 Å². The fraction of sp³-hybridized carbons (Fsp3) is 0.267. The maximum atomic E-state index is 12.5. The molecule has 0 aliphatic carbocycles. The predicted octanol–water partition coefficient (Wildman–Crippen LogP) is 2.16. The van der Waals surface area contributed by atoms with Gasteiger partial charge in [0.15, 0.2) is 11.5 Å². The molecule has 1 aliphatic rings. The van der Waals surface area contributed by atoms with Gasteiger partial charge in [-0.3, -0.25) is 9.69 Å². The number of thiocarbonyl (C=S) groups is 1. The SMILES string of the molecule is COC(=O)[C@@H](C)N1C(=O)/C(=C/c2ccc(O)c(OC)c2)SC1=S. The second-order valence-corrected chi connectivity index (χ2v) is 6.36. The molecule has 23 heavy (non-hydrogen) atoms. The van der Waals surface area contributed by atoms with Crippen LogP contribution in [0.1, 0.15) is 12.5 Å². The Balaban J connectivity index is 2.30. The number of aromatic hydroxyl groups is 1. The minimum atomic E-state index is -0.784. The number of hydrogen-bond acceptors (Lipinski definition) is 7. The van der Waals surface area contributed by atoms with E-state index in [9.17, 15) is 14.7 Å². The Kier molecular flexibility index (Phi) is 5.27. The van der Waals surface area contributed by atoms with Gasteiger partial charge >= 0.3 is 5.97 Å². The van der Waals surface area contributed by atoms with Crippen LogP contribution in [0.4, 0.5) is 0 Å². The summed E-state index contributed by atoms with van der Waals surface area (Å²) in [4.78, 5) is 25.7. The van der Waals surface area contributed by atoms with Crippen molar-refractivity contribution < 1.29 is 24.2 Å². The molecule has 0 unspecified atom stereocenters. The van der Waals surface area contributed by atoms with Gasteiger partial charge in [-0.05, 0) is 30.7 Å². The van der Waals surface area contributed by atoms with E-state index in [-0.39, 0.29) is 11.7 Å². The van der Waals surface area contributed by atoms with Gasteiger partial charge in [-0.15, -0.1) is 0 Å². The third-order valence-corrected chi connectivity index (χ3v) is 4.59. The number of nitrogens with zero attached hydrogens (tertiary/aromatic N) is 1. The standard InChI is InChI=1S/C15H15NO5S2/c1-8(14(19)21-3)16-13(18)12(23-15(16)22)7-9-4-5-10(17)11(6-9)20-2/h4-8,17H,1-3H3/b12-7-/t8-/m1/s1. The van der Waals surface area contributed by atoms with Crippen molar-refractivity contribution in [3.63, 3.8) is 0 Å². The van der Waals surface area contributed by atoms with E-state index < -0.39 is 12.0 Å².